The lowest BCUT2D eigenvalue weighted by atomic mass is 10.1. The Morgan fingerprint density at radius 3 is 3.10 bits per heavy atom. The SMILES string of the molecule is COCC(O)CCNC(=O)C1CC1c1cccc(Cl)c1. The Morgan fingerprint density at radius 2 is 2.40 bits per heavy atom. The maximum absolute atomic E-state index is 12.0. The molecule has 110 valence electrons. The summed E-state index contributed by atoms with van der Waals surface area (Å²) in [6, 6.07) is 7.67. The van der Waals surface area contributed by atoms with Crippen LogP contribution in [0.15, 0.2) is 24.3 Å². The summed E-state index contributed by atoms with van der Waals surface area (Å²) in [7, 11) is 1.54. The predicted octanol–water partition coefficient (Wildman–Crippen LogP) is 1.96. The van der Waals surface area contributed by atoms with E-state index in [2.05, 4.69) is 5.32 Å². The Bertz CT molecular complexity index is 466. The molecule has 0 spiro atoms. The lowest BCUT2D eigenvalue weighted by Gasteiger charge is -2.10. The van der Waals surface area contributed by atoms with E-state index in [9.17, 15) is 9.90 Å². The van der Waals surface area contributed by atoms with Crippen molar-refractivity contribution in [3.63, 3.8) is 0 Å². The molecule has 1 aliphatic carbocycles. The molecule has 0 bridgehead atoms. The quantitative estimate of drug-likeness (QED) is 0.809. The van der Waals surface area contributed by atoms with Gasteiger partial charge in [-0.3, -0.25) is 4.79 Å². The molecule has 1 aliphatic rings. The van der Waals surface area contributed by atoms with Crippen LogP contribution < -0.4 is 5.32 Å². The highest BCUT2D eigenvalue weighted by molar-refractivity contribution is 6.30. The second kappa shape index (κ2) is 7.07. The van der Waals surface area contributed by atoms with Crippen LogP contribution in [0.1, 0.15) is 24.3 Å². The van der Waals surface area contributed by atoms with Gasteiger partial charge in [-0.15, -0.1) is 0 Å². The predicted molar refractivity (Wildman–Crippen MR) is 77.8 cm³/mol. The smallest absolute Gasteiger partial charge is 0.223 e. The van der Waals surface area contributed by atoms with Gasteiger partial charge in [-0.1, -0.05) is 23.7 Å². The van der Waals surface area contributed by atoms with Gasteiger partial charge in [0.05, 0.1) is 12.7 Å². The fourth-order valence-corrected chi connectivity index (χ4v) is 2.56. The molecule has 1 fully saturated rings. The van der Waals surface area contributed by atoms with Gasteiger partial charge in [0, 0.05) is 24.6 Å². The Morgan fingerprint density at radius 1 is 1.60 bits per heavy atom. The van der Waals surface area contributed by atoms with E-state index in [0.717, 1.165) is 12.0 Å². The van der Waals surface area contributed by atoms with Crippen molar-refractivity contribution in [1.82, 2.24) is 5.32 Å². The molecule has 3 unspecified atom stereocenters. The van der Waals surface area contributed by atoms with E-state index < -0.39 is 6.10 Å². The summed E-state index contributed by atoms with van der Waals surface area (Å²) in [6.45, 7) is 0.770. The minimum atomic E-state index is -0.525. The number of aliphatic hydroxyl groups is 1. The number of benzene rings is 1. The van der Waals surface area contributed by atoms with Crippen LogP contribution in [-0.4, -0.2) is 37.4 Å². The first-order valence-corrected chi connectivity index (χ1v) is 7.19. The highest BCUT2D eigenvalue weighted by Gasteiger charge is 2.43. The highest BCUT2D eigenvalue weighted by Crippen LogP contribution is 2.47. The third-order valence-electron chi connectivity index (χ3n) is 3.54. The molecule has 0 saturated heterocycles. The van der Waals surface area contributed by atoms with E-state index >= 15 is 0 Å². The first kappa shape index (κ1) is 15.3. The number of ether oxygens (including phenoxy) is 1. The zero-order valence-electron chi connectivity index (χ0n) is 11.5. The summed E-state index contributed by atoms with van der Waals surface area (Å²) < 4.78 is 4.83. The molecule has 1 aromatic rings. The normalized spacial score (nSPS) is 22.4. The standard InChI is InChI=1S/C15H20ClNO3/c1-20-9-12(18)5-6-17-15(19)14-8-13(14)10-3-2-4-11(16)7-10/h2-4,7,12-14,18H,5-6,8-9H2,1H3,(H,17,19). The number of nitrogens with one attached hydrogen (secondary N) is 1. The molecule has 0 aromatic heterocycles. The van der Waals surface area contributed by atoms with Gasteiger partial charge in [-0.05, 0) is 36.5 Å². The third-order valence-corrected chi connectivity index (χ3v) is 3.77. The average Bonchev–Trinajstić information content (AvgIpc) is 3.19. The maximum atomic E-state index is 12.0. The lowest BCUT2D eigenvalue weighted by Crippen LogP contribution is -2.29. The number of hydrogen-bond donors (Lipinski definition) is 2. The topological polar surface area (TPSA) is 58.6 Å². The molecule has 2 N–H and O–H groups in total. The summed E-state index contributed by atoms with van der Waals surface area (Å²) in [5.74, 6) is 0.366. The van der Waals surface area contributed by atoms with Gasteiger partial charge in [0.15, 0.2) is 0 Å². The van der Waals surface area contributed by atoms with Crippen LogP contribution in [0.4, 0.5) is 0 Å². The molecular weight excluding hydrogens is 278 g/mol. The number of aliphatic hydroxyl groups excluding tert-OH is 1. The first-order valence-electron chi connectivity index (χ1n) is 6.82. The van der Waals surface area contributed by atoms with Gasteiger partial charge in [0.2, 0.25) is 5.91 Å². The van der Waals surface area contributed by atoms with E-state index in [-0.39, 0.29) is 17.7 Å². The molecule has 4 nitrogen and oxygen atoms in total. The molecule has 2 rings (SSSR count). The van der Waals surface area contributed by atoms with Crippen molar-refractivity contribution in [2.45, 2.75) is 24.9 Å². The number of amides is 1. The second-order valence-electron chi connectivity index (χ2n) is 5.19. The van der Waals surface area contributed by atoms with Crippen LogP contribution in [0, 0.1) is 5.92 Å². The third kappa shape index (κ3) is 4.20. The molecule has 1 saturated carbocycles. The highest BCUT2D eigenvalue weighted by atomic mass is 35.5. The van der Waals surface area contributed by atoms with Crippen LogP contribution in [0.3, 0.4) is 0 Å². The van der Waals surface area contributed by atoms with Gasteiger partial charge in [0.25, 0.3) is 0 Å². The molecule has 1 amide bonds. The van der Waals surface area contributed by atoms with Gasteiger partial charge in [-0.25, -0.2) is 0 Å². The largest absolute Gasteiger partial charge is 0.391 e. The van der Waals surface area contributed by atoms with Crippen molar-refractivity contribution >= 4 is 17.5 Å². The fourth-order valence-electron chi connectivity index (χ4n) is 2.36. The number of methoxy groups -OCH3 is 1. The van der Waals surface area contributed by atoms with E-state index in [1.54, 1.807) is 7.11 Å². The molecule has 0 heterocycles. The van der Waals surface area contributed by atoms with Crippen LogP contribution in [0.25, 0.3) is 0 Å². The molecule has 0 radical (unpaired) electrons. The average molecular weight is 298 g/mol. The minimum Gasteiger partial charge on any atom is -0.391 e. The summed E-state index contributed by atoms with van der Waals surface area (Å²) in [5.41, 5.74) is 1.12. The van der Waals surface area contributed by atoms with Crippen molar-refractivity contribution in [3.8, 4) is 0 Å². The van der Waals surface area contributed by atoms with E-state index in [0.29, 0.717) is 24.6 Å². The molecule has 0 aliphatic heterocycles. The number of hydrogen-bond acceptors (Lipinski definition) is 3. The minimum absolute atomic E-state index is 0.0352. The lowest BCUT2D eigenvalue weighted by molar-refractivity contribution is -0.122. The Kier molecular flexibility index (Phi) is 5.40. The van der Waals surface area contributed by atoms with Gasteiger partial charge >= 0.3 is 0 Å². The number of carbonyl (C=O) groups excluding carboxylic acids is 1. The first-order chi connectivity index (χ1) is 9.61. The van der Waals surface area contributed by atoms with Crippen molar-refractivity contribution in [1.29, 1.82) is 0 Å². The van der Waals surface area contributed by atoms with Crippen molar-refractivity contribution in [2.75, 3.05) is 20.3 Å². The summed E-state index contributed by atoms with van der Waals surface area (Å²) in [4.78, 5) is 12.0. The van der Waals surface area contributed by atoms with Crippen LogP contribution in [0.2, 0.25) is 5.02 Å². The number of carbonyl (C=O) groups is 1. The summed E-state index contributed by atoms with van der Waals surface area (Å²) >= 11 is 5.95. The number of rotatable bonds is 7. The van der Waals surface area contributed by atoms with Crippen molar-refractivity contribution in [2.24, 2.45) is 5.92 Å². The van der Waals surface area contributed by atoms with E-state index in [4.69, 9.17) is 16.3 Å². The fraction of sp³-hybridized carbons (Fsp3) is 0.533. The Balaban J connectivity index is 1.73. The molecule has 5 heteroatoms. The second-order valence-corrected chi connectivity index (χ2v) is 5.63. The van der Waals surface area contributed by atoms with E-state index in [1.165, 1.54) is 0 Å². The van der Waals surface area contributed by atoms with Crippen LogP contribution in [-0.2, 0) is 9.53 Å². The van der Waals surface area contributed by atoms with Crippen LogP contribution >= 0.6 is 11.6 Å². The van der Waals surface area contributed by atoms with Gasteiger partial charge in [0.1, 0.15) is 0 Å². The Hall–Kier alpha value is -1.10. The summed E-state index contributed by atoms with van der Waals surface area (Å²) in [6.07, 6.45) is 0.851. The summed E-state index contributed by atoms with van der Waals surface area (Å²) in [5, 5.41) is 13.1. The van der Waals surface area contributed by atoms with Gasteiger partial charge in [-0.2, -0.15) is 0 Å². The van der Waals surface area contributed by atoms with E-state index in [1.807, 2.05) is 24.3 Å². The zero-order chi connectivity index (χ0) is 14.5. The maximum Gasteiger partial charge on any atom is 0.223 e. The number of halogens is 1. The molecule has 3 atom stereocenters. The van der Waals surface area contributed by atoms with Crippen molar-refractivity contribution in [3.05, 3.63) is 34.9 Å². The molecule has 20 heavy (non-hydrogen) atoms. The Labute approximate surface area is 124 Å². The van der Waals surface area contributed by atoms with Gasteiger partial charge < -0.3 is 15.2 Å². The van der Waals surface area contributed by atoms with Crippen molar-refractivity contribution < 1.29 is 14.6 Å². The molecular formula is C15H20ClNO3. The zero-order valence-corrected chi connectivity index (χ0v) is 12.3. The van der Waals surface area contributed by atoms with Crippen LogP contribution in [0.5, 0.6) is 0 Å². The molecule has 1 aromatic carbocycles. The monoisotopic (exact) mass is 297 g/mol.